The van der Waals surface area contributed by atoms with E-state index in [1.54, 1.807) is 10.6 Å². The van der Waals surface area contributed by atoms with Gasteiger partial charge in [-0.1, -0.05) is 25.5 Å². The number of nitrogens with zero attached hydrogens (tertiary/aromatic N) is 5. The van der Waals surface area contributed by atoms with E-state index in [2.05, 4.69) is 31.7 Å². The summed E-state index contributed by atoms with van der Waals surface area (Å²) in [6, 6.07) is 7.85. The van der Waals surface area contributed by atoms with Crippen LogP contribution in [0.25, 0.3) is 11.2 Å². The summed E-state index contributed by atoms with van der Waals surface area (Å²) in [5.74, 6) is 0.425. The second-order valence-electron chi connectivity index (χ2n) is 10.1. The molecule has 40 heavy (non-hydrogen) atoms. The molecule has 0 radical (unpaired) electrons. The van der Waals surface area contributed by atoms with Crippen LogP contribution in [-0.2, 0) is 22.6 Å². The first-order valence-electron chi connectivity index (χ1n) is 14.1. The minimum Gasteiger partial charge on any atom is -0.463 e. The number of H-pyrrole nitrogens is 1. The number of esters is 1. The monoisotopic (exact) mass is 555 g/mol. The van der Waals surface area contributed by atoms with Crippen LogP contribution in [0.3, 0.4) is 0 Å². The van der Waals surface area contributed by atoms with E-state index in [0.29, 0.717) is 30.1 Å². The normalized spacial score (nSPS) is 14.2. The molecule has 12 heteroatoms. The molecule has 0 unspecified atom stereocenters. The third-order valence-electron chi connectivity index (χ3n) is 6.87. The number of carbonyl (C=O) groups excluding carboxylic acids is 1. The van der Waals surface area contributed by atoms with Crippen molar-refractivity contribution < 1.29 is 19.0 Å². The Hall–Kier alpha value is -3.48. The molecule has 0 atom stereocenters. The van der Waals surface area contributed by atoms with E-state index in [1.165, 1.54) is 6.92 Å². The molecule has 0 amide bonds. The lowest BCUT2D eigenvalue weighted by atomic mass is 10.2. The van der Waals surface area contributed by atoms with E-state index in [4.69, 9.17) is 19.9 Å². The maximum atomic E-state index is 12.7. The van der Waals surface area contributed by atoms with Gasteiger partial charge in [-0.3, -0.25) is 19.2 Å². The lowest BCUT2D eigenvalue weighted by molar-refractivity contribution is -0.131. The highest BCUT2D eigenvalue weighted by molar-refractivity contribution is 5.81. The highest BCUT2D eigenvalue weighted by atomic mass is 16.5. The van der Waals surface area contributed by atoms with Gasteiger partial charge in [0.2, 0.25) is 0 Å². The number of aromatic nitrogens is 4. The number of nitrogen functional groups attached to an aromatic ring is 1. The van der Waals surface area contributed by atoms with Crippen molar-refractivity contribution in [1.82, 2.24) is 29.3 Å². The average Bonchev–Trinajstić information content (AvgIpc) is 3.25. The number of anilines is 1. The van der Waals surface area contributed by atoms with Gasteiger partial charge in [0.15, 0.2) is 11.5 Å². The molecule has 218 valence electrons. The van der Waals surface area contributed by atoms with E-state index in [-0.39, 0.29) is 23.5 Å². The number of fused-ring (bicyclic) bond motifs is 1. The summed E-state index contributed by atoms with van der Waals surface area (Å²) in [5.41, 5.74) is 7.81. The zero-order valence-corrected chi connectivity index (χ0v) is 23.6. The fourth-order valence-corrected chi connectivity index (χ4v) is 4.72. The SMILES string of the molecule is CCCCOc1nc(N)c2[nH]c(=O)n(CCCCN(CCN3CCOCC3)Cc3cccc(OC(C)=O)c3)c2n1. The fourth-order valence-electron chi connectivity index (χ4n) is 4.72. The van der Waals surface area contributed by atoms with Crippen LogP contribution in [0.4, 0.5) is 5.82 Å². The van der Waals surface area contributed by atoms with Gasteiger partial charge < -0.3 is 24.9 Å². The number of imidazole rings is 1. The molecular weight excluding hydrogens is 514 g/mol. The number of nitrogens with two attached hydrogens (primary N) is 1. The summed E-state index contributed by atoms with van der Waals surface area (Å²) in [6.07, 6.45) is 3.54. The largest absolute Gasteiger partial charge is 0.463 e. The van der Waals surface area contributed by atoms with E-state index in [9.17, 15) is 9.59 Å². The zero-order chi connectivity index (χ0) is 28.3. The lowest BCUT2D eigenvalue weighted by Crippen LogP contribution is -2.41. The molecule has 0 saturated carbocycles. The summed E-state index contributed by atoms with van der Waals surface area (Å²) in [6.45, 7) is 11.3. The molecule has 3 N–H and O–H groups in total. The predicted molar refractivity (Wildman–Crippen MR) is 152 cm³/mol. The highest BCUT2D eigenvalue weighted by Gasteiger charge is 2.16. The number of morpholine rings is 1. The van der Waals surface area contributed by atoms with Crippen molar-refractivity contribution in [3.8, 4) is 11.8 Å². The fraction of sp³-hybridized carbons (Fsp3) is 0.571. The van der Waals surface area contributed by atoms with Gasteiger partial charge in [-0.15, -0.1) is 0 Å². The Kier molecular flexibility index (Phi) is 10.9. The predicted octanol–water partition coefficient (Wildman–Crippen LogP) is 2.42. The molecule has 2 aromatic heterocycles. The Morgan fingerprint density at radius 3 is 2.75 bits per heavy atom. The third kappa shape index (κ3) is 8.51. The lowest BCUT2D eigenvalue weighted by Gasteiger charge is -2.30. The molecule has 1 aliphatic rings. The van der Waals surface area contributed by atoms with Gasteiger partial charge in [0, 0.05) is 46.2 Å². The van der Waals surface area contributed by atoms with Crippen molar-refractivity contribution >= 4 is 23.0 Å². The van der Waals surface area contributed by atoms with Crippen molar-refractivity contribution in [2.75, 3.05) is 58.3 Å². The third-order valence-corrected chi connectivity index (χ3v) is 6.87. The van der Waals surface area contributed by atoms with E-state index in [0.717, 1.165) is 83.7 Å². The van der Waals surface area contributed by atoms with E-state index in [1.807, 2.05) is 18.2 Å². The van der Waals surface area contributed by atoms with Gasteiger partial charge in [0.05, 0.1) is 19.8 Å². The topological polar surface area (TPSA) is 141 Å². The van der Waals surface area contributed by atoms with Crippen LogP contribution in [-0.4, -0.2) is 87.8 Å². The van der Waals surface area contributed by atoms with Crippen molar-refractivity contribution in [2.45, 2.75) is 52.6 Å². The molecule has 1 aliphatic heterocycles. The number of aryl methyl sites for hydroxylation is 1. The van der Waals surface area contributed by atoms with Crippen LogP contribution >= 0.6 is 0 Å². The summed E-state index contributed by atoms with van der Waals surface area (Å²) in [4.78, 5) is 40.4. The van der Waals surface area contributed by atoms with Crippen molar-refractivity contribution in [3.05, 3.63) is 40.3 Å². The first-order valence-corrected chi connectivity index (χ1v) is 14.1. The van der Waals surface area contributed by atoms with Crippen LogP contribution in [0.2, 0.25) is 0 Å². The molecule has 12 nitrogen and oxygen atoms in total. The summed E-state index contributed by atoms with van der Waals surface area (Å²) >= 11 is 0. The number of hydrogen-bond donors (Lipinski definition) is 2. The van der Waals surface area contributed by atoms with Gasteiger partial charge in [-0.05, 0) is 43.5 Å². The number of benzene rings is 1. The number of aromatic amines is 1. The molecule has 3 aromatic rings. The van der Waals surface area contributed by atoms with Gasteiger partial charge >= 0.3 is 17.7 Å². The Balaban J connectivity index is 1.39. The number of ether oxygens (including phenoxy) is 3. The Morgan fingerprint density at radius 1 is 1.15 bits per heavy atom. The molecule has 1 saturated heterocycles. The van der Waals surface area contributed by atoms with Gasteiger partial charge in [0.25, 0.3) is 0 Å². The van der Waals surface area contributed by atoms with E-state index < -0.39 is 0 Å². The quantitative estimate of drug-likeness (QED) is 0.163. The number of nitrogens with one attached hydrogen (secondary N) is 1. The summed E-state index contributed by atoms with van der Waals surface area (Å²) in [7, 11) is 0. The summed E-state index contributed by atoms with van der Waals surface area (Å²) in [5, 5.41) is 0. The average molecular weight is 556 g/mol. The van der Waals surface area contributed by atoms with Gasteiger partial charge in [0.1, 0.15) is 11.3 Å². The number of hydrogen-bond acceptors (Lipinski definition) is 10. The minimum absolute atomic E-state index is 0.191. The molecule has 3 heterocycles. The van der Waals surface area contributed by atoms with Crippen LogP contribution in [0.15, 0.2) is 29.1 Å². The molecule has 1 fully saturated rings. The van der Waals surface area contributed by atoms with Crippen molar-refractivity contribution in [2.24, 2.45) is 0 Å². The highest BCUT2D eigenvalue weighted by Crippen LogP contribution is 2.19. The Bertz CT molecular complexity index is 1300. The second-order valence-corrected chi connectivity index (χ2v) is 10.1. The zero-order valence-electron chi connectivity index (χ0n) is 23.6. The maximum Gasteiger partial charge on any atom is 0.327 e. The number of unbranched alkanes of at least 4 members (excludes halogenated alkanes) is 2. The molecular formula is C28H41N7O5. The molecule has 0 bridgehead atoms. The van der Waals surface area contributed by atoms with Gasteiger partial charge in [-0.2, -0.15) is 9.97 Å². The number of carbonyl (C=O) groups is 1. The Morgan fingerprint density at radius 2 is 1.98 bits per heavy atom. The first-order chi connectivity index (χ1) is 19.4. The van der Waals surface area contributed by atoms with E-state index >= 15 is 0 Å². The first kappa shape index (κ1) is 29.5. The molecule has 0 aliphatic carbocycles. The molecule has 4 rings (SSSR count). The molecule has 1 aromatic carbocycles. The van der Waals surface area contributed by atoms with Crippen molar-refractivity contribution in [1.29, 1.82) is 0 Å². The Labute approximate surface area is 234 Å². The van der Waals surface area contributed by atoms with Crippen LogP contribution in [0, 0.1) is 0 Å². The van der Waals surface area contributed by atoms with Crippen molar-refractivity contribution in [3.63, 3.8) is 0 Å². The van der Waals surface area contributed by atoms with Gasteiger partial charge in [-0.25, -0.2) is 4.79 Å². The smallest absolute Gasteiger partial charge is 0.327 e. The maximum absolute atomic E-state index is 12.7. The van der Waals surface area contributed by atoms with Crippen LogP contribution in [0.5, 0.6) is 11.8 Å². The minimum atomic E-state index is -0.333. The molecule has 0 spiro atoms. The second kappa shape index (κ2) is 14.8. The van der Waals surface area contributed by atoms with Crippen LogP contribution in [0.1, 0.15) is 45.1 Å². The summed E-state index contributed by atoms with van der Waals surface area (Å²) < 4.78 is 18.0. The number of rotatable bonds is 15. The van der Waals surface area contributed by atoms with Crippen LogP contribution < -0.4 is 20.9 Å². The standard InChI is InChI=1S/C28H41N7O5/c1-3-4-16-39-27-31-25(29)24-26(32-27)35(28(37)30-24)11-6-5-10-34(13-12-33-14-17-38-18-15-33)20-22-8-7-9-23(19-22)40-21(2)36/h7-9,19H,3-6,10-18,20H2,1-2H3,(H,30,37)(H2,29,31,32).